The first kappa shape index (κ1) is 13.4. The maximum atomic E-state index is 12.5. The summed E-state index contributed by atoms with van der Waals surface area (Å²) in [6.07, 6.45) is 0. The van der Waals surface area contributed by atoms with Crippen LogP contribution in [0.2, 0.25) is 5.02 Å². The molecule has 1 N–H and O–H groups in total. The molecule has 0 saturated carbocycles. The van der Waals surface area contributed by atoms with E-state index in [1.165, 1.54) is 0 Å². The van der Waals surface area contributed by atoms with Crippen LogP contribution in [0.3, 0.4) is 0 Å². The Bertz CT molecular complexity index is 441. The first-order chi connectivity index (χ1) is 8.47. The molecule has 18 heavy (non-hydrogen) atoms. The number of carbonyl (C=O) groups is 1. The Labute approximate surface area is 113 Å². The summed E-state index contributed by atoms with van der Waals surface area (Å²) in [5, 5.41) is 3.99. The maximum Gasteiger partial charge on any atom is 0.254 e. The normalized spacial score (nSPS) is 24.1. The first-order valence-corrected chi connectivity index (χ1v) is 6.66. The molecule has 1 aliphatic heterocycles. The minimum Gasteiger partial charge on any atom is -0.333 e. The largest absolute Gasteiger partial charge is 0.333 e. The third-order valence-corrected chi connectivity index (χ3v) is 3.53. The Morgan fingerprint density at radius 2 is 2.11 bits per heavy atom. The van der Waals surface area contributed by atoms with Gasteiger partial charge in [-0.1, -0.05) is 11.6 Å². The molecule has 2 atom stereocenters. The van der Waals surface area contributed by atoms with Gasteiger partial charge in [0.1, 0.15) is 0 Å². The van der Waals surface area contributed by atoms with Gasteiger partial charge in [-0.3, -0.25) is 4.79 Å². The molecule has 0 spiro atoms. The van der Waals surface area contributed by atoms with Gasteiger partial charge in [-0.2, -0.15) is 0 Å². The van der Waals surface area contributed by atoms with Gasteiger partial charge in [-0.15, -0.1) is 0 Å². The number of rotatable bonds is 1. The fraction of sp³-hybridized carbons (Fsp3) is 0.500. The summed E-state index contributed by atoms with van der Waals surface area (Å²) in [6.45, 7) is 7.69. The summed E-state index contributed by atoms with van der Waals surface area (Å²) >= 11 is 6.02. The molecule has 98 valence electrons. The third-order valence-electron chi connectivity index (χ3n) is 3.31. The van der Waals surface area contributed by atoms with Crippen LogP contribution in [0.4, 0.5) is 0 Å². The number of nitrogens with one attached hydrogen (secondary N) is 1. The second-order valence-electron chi connectivity index (χ2n) is 5.13. The van der Waals surface area contributed by atoms with Crippen LogP contribution in [0, 0.1) is 6.92 Å². The maximum absolute atomic E-state index is 12.5. The molecule has 1 saturated heterocycles. The second-order valence-corrected chi connectivity index (χ2v) is 5.57. The van der Waals surface area contributed by atoms with E-state index in [4.69, 9.17) is 11.6 Å². The number of benzene rings is 1. The van der Waals surface area contributed by atoms with Crippen LogP contribution in [0.5, 0.6) is 0 Å². The van der Waals surface area contributed by atoms with Crippen LogP contribution in [0.25, 0.3) is 0 Å². The number of hydrogen-bond donors (Lipinski definition) is 1. The molecular weight excluding hydrogens is 248 g/mol. The van der Waals surface area contributed by atoms with Crippen molar-refractivity contribution in [2.75, 3.05) is 13.1 Å². The molecule has 0 aliphatic carbocycles. The van der Waals surface area contributed by atoms with Gasteiger partial charge in [0.05, 0.1) is 0 Å². The van der Waals surface area contributed by atoms with E-state index in [-0.39, 0.29) is 11.9 Å². The lowest BCUT2D eigenvalue weighted by Gasteiger charge is -2.37. The molecule has 2 unspecified atom stereocenters. The summed E-state index contributed by atoms with van der Waals surface area (Å²) < 4.78 is 0. The number of carbonyl (C=O) groups excluding carboxylic acids is 1. The first-order valence-electron chi connectivity index (χ1n) is 6.29. The van der Waals surface area contributed by atoms with Crippen LogP contribution >= 0.6 is 11.6 Å². The summed E-state index contributed by atoms with van der Waals surface area (Å²) in [4.78, 5) is 14.4. The molecule has 3 nitrogen and oxygen atoms in total. The average Bonchev–Trinajstić information content (AvgIpc) is 2.30. The zero-order valence-corrected chi connectivity index (χ0v) is 11.8. The number of nitrogens with zero attached hydrogens (tertiary/aromatic N) is 1. The lowest BCUT2D eigenvalue weighted by Crippen LogP contribution is -2.56. The minimum absolute atomic E-state index is 0.0708. The molecule has 0 aromatic heterocycles. The van der Waals surface area contributed by atoms with Gasteiger partial charge in [0.25, 0.3) is 5.91 Å². The lowest BCUT2D eigenvalue weighted by atomic mass is 10.1. The number of aryl methyl sites for hydroxylation is 1. The van der Waals surface area contributed by atoms with Crippen molar-refractivity contribution >= 4 is 17.5 Å². The highest BCUT2D eigenvalue weighted by molar-refractivity contribution is 6.31. The van der Waals surface area contributed by atoms with Gasteiger partial charge < -0.3 is 10.2 Å². The number of piperazine rings is 1. The molecule has 1 amide bonds. The summed E-state index contributed by atoms with van der Waals surface area (Å²) in [5.41, 5.74) is 1.70. The van der Waals surface area contributed by atoms with Crippen LogP contribution < -0.4 is 5.32 Å². The Kier molecular flexibility index (Phi) is 3.93. The summed E-state index contributed by atoms with van der Waals surface area (Å²) in [5.74, 6) is 0.0708. The van der Waals surface area contributed by atoms with Crippen LogP contribution in [-0.2, 0) is 0 Å². The third kappa shape index (κ3) is 2.85. The molecule has 1 aromatic rings. The molecule has 1 aromatic carbocycles. The van der Waals surface area contributed by atoms with Gasteiger partial charge in [0.2, 0.25) is 0 Å². The van der Waals surface area contributed by atoms with Crippen molar-refractivity contribution in [3.05, 3.63) is 34.3 Å². The summed E-state index contributed by atoms with van der Waals surface area (Å²) in [6, 6.07) is 6.06. The van der Waals surface area contributed by atoms with Gasteiger partial charge in [0, 0.05) is 35.8 Å². The average molecular weight is 267 g/mol. The van der Waals surface area contributed by atoms with E-state index in [0.717, 1.165) is 18.7 Å². The molecule has 1 heterocycles. The van der Waals surface area contributed by atoms with Crippen molar-refractivity contribution in [3.63, 3.8) is 0 Å². The Morgan fingerprint density at radius 3 is 2.78 bits per heavy atom. The van der Waals surface area contributed by atoms with Crippen molar-refractivity contribution < 1.29 is 4.79 Å². The van der Waals surface area contributed by atoms with E-state index < -0.39 is 0 Å². The SMILES string of the molecule is Cc1cc(Cl)cc(C(=O)N2CC(C)NCC2C)c1. The Balaban J connectivity index is 2.24. The molecule has 1 aliphatic rings. The molecule has 4 heteroatoms. The Hall–Kier alpha value is -1.06. The smallest absolute Gasteiger partial charge is 0.254 e. The van der Waals surface area contributed by atoms with Crippen molar-refractivity contribution in [3.8, 4) is 0 Å². The molecular formula is C14H19ClN2O. The van der Waals surface area contributed by atoms with Crippen molar-refractivity contribution in [1.82, 2.24) is 10.2 Å². The molecule has 0 bridgehead atoms. The molecule has 2 rings (SSSR count). The summed E-state index contributed by atoms with van der Waals surface area (Å²) in [7, 11) is 0. The van der Waals surface area contributed by atoms with Crippen molar-refractivity contribution in [2.24, 2.45) is 0 Å². The van der Waals surface area contributed by atoms with E-state index in [0.29, 0.717) is 16.6 Å². The van der Waals surface area contributed by atoms with Gasteiger partial charge >= 0.3 is 0 Å². The fourth-order valence-electron chi connectivity index (χ4n) is 2.33. The highest BCUT2D eigenvalue weighted by atomic mass is 35.5. The monoisotopic (exact) mass is 266 g/mol. The topological polar surface area (TPSA) is 32.3 Å². The zero-order chi connectivity index (χ0) is 13.3. The van der Waals surface area contributed by atoms with Crippen LogP contribution in [0.15, 0.2) is 18.2 Å². The van der Waals surface area contributed by atoms with E-state index in [1.807, 2.05) is 24.0 Å². The number of hydrogen-bond acceptors (Lipinski definition) is 2. The second kappa shape index (κ2) is 5.29. The van der Waals surface area contributed by atoms with E-state index in [1.54, 1.807) is 6.07 Å². The van der Waals surface area contributed by atoms with Crippen molar-refractivity contribution in [2.45, 2.75) is 32.9 Å². The van der Waals surface area contributed by atoms with Crippen molar-refractivity contribution in [1.29, 1.82) is 0 Å². The number of halogens is 1. The molecule has 0 radical (unpaired) electrons. The predicted octanol–water partition coefficient (Wildman–Crippen LogP) is 2.47. The predicted molar refractivity (Wildman–Crippen MR) is 74.2 cm³/mol. The van der Waals surface area contributed by atoms with Gasteiger partial charge in [0.15, 0.2) is 0 Å². The van der Waals surface area contributed by atoms with E-state index in [9.17, 15) is 4.79 Å². The molecule has 1 fully saturated rings. The van der Waals surface area contributed by atoms with E-state index >= 15 is 0 Å². The van der Waals surface area contributed by atoms with E-state index in [2.05, 4.69) is 19.2 Å². The standard InChI is InChI=1S/C14H19ClN2O/c1-9-4-12(6-13(15)5-9)14(18)17-8-10(2)16-7-11(17)3/h4-6,10-11,16H,7-8H2,1-3H3. The lowest BCUT2D eigenvalue weighted by molar-refractivity contribution is 0.0616. The highest BCUT2D eigenvalue weighted by Crippen LogP contribution is 2.18. The number of amides is 1. The fourth-order valence-corrected chi connectivity index (χ4v) is 2.62. The minimum atomic E-state index is 0.0708. The van der Waals surface area contributed by atoms with Gasteiger partial charge in [-0.05, 0) is 44.5 Å². The highest BCUT2D eigenvalue weighted by Gasteiger charge is 2.27. The van der Waals surface area contributed by atoms with Crippen LogP contribution in [-0.4, -0.2) is 36.0 Å². The Morgan fingerprint density at radius 1 is 1.39 bits per heavy atom. The zero-order valence-electron chi connectivity index (χ0n) is 11.0. The van der Waals surface area contributed by atoms with Gasteiger partial charge in [-0.25, -0.2) is 0 Å². The van der Waals surface area contributed by atoms with Crippen LogP contribution in [0.1, 0.15) is 29.8 Å². The quantitative estimate of drug-likeness (QED) is 0.847.